The predicted molar refractivity (Wildman–Crippen MR) is 44.4 cm³/mol. The molecule has 0 bridgehead atoms. The third kappa shape index (κ3) is 1.44. The van der Waals surface area contributed by atoms with Crippen molar-refractivity contribution in [1.82, 2.24) is 14.8 Å². The lowest BCUT2D eigenvalue weighted by Gasteiger charge is -2.03. The Bertz CT molecular complexity index is 431. The van der Waals surface area contributed by atoms with Crippen LogP contribution >= 0.6 is 0 Å². The van der Waals surface area contributed by atoms with Gasteiger partial charge in [-0.1, -0.05) is 0 Å². The fourth-order valence-corrected chi connectivity index (χ4v) is 2.01. The molecule has 0 aromatic carbocycles. The Labute approximate surface area is 75.8 Å². The van der Waals surface area contributed by atoms with Crippen LogP contribution in [0.5, 0.6) is 0 Å². The average Bonchev–Trinajstić information content (AvgIpc) is 2.73. The van der Waals surface area contributed by atoms with Crippen molar-refractivity contribution in [1.29, 1.82) is 0 Å². The van der Waals surface area contributed by atoms with Crippen molar-refractivity contribution in [2.45, 2.75) is 31.0 Å². The van der Waals surface area contributed by atoms with Gasteiger partial charge in [-0.25, -0.2) is 13.6 Å². The van der Waals surface area contributed by atoms with Gasteiger partial charge in [0.25, 0.3) is 15.2 Å². The van der Waals surface area contributed by atoms with E-state index in [4.69, 9.17) is 5.14 Å². The first-order chi connectivity index (χ1) is 6.00. The maximum atomic E-state index is 11.1. The van der Waals surface area contributed by atoms with Gasteiger partial charge in [0.15, 0.2) is 0 Å². The molecule has 0 radical (unpaired) electrons. The summed E-state index contributed by atoms with van der Waals surface area (Å²) >= 11 is 0. The molecule has 1 aliphatic carbocycles. The lowest BCUT2D eigenvalue weighted by atomic mass is 10.6. The van der Waals surface area contributed by atoms with Gasteiger partial charge in [-0.05, 0) is 19.8 Å². The molecule has 0 aliphatic heterocycles. The second kappa shape index (κ2) is 2.52. The zero-order chi connectivity index (χ0) is 9.64. The Morgan fingerprint density at radius 3 is 2.54 bits per heavy atom. The zero-order valence-electron chi connectivity index (χ0n) is 7.14. The number of primary sulfonamides is 1. The van der Waals surface area contributed by atoms with Crippen LogP contribution < -0.4 is 5.14 Å². The van der Waals surface area contributed by atoms with E-state index in [1.165, 1.54) is 0 Å². The van der Waals surface area contributed by atoms with Gasteiger partial charge in [0.2, 0.25) is 0 Å². The number of sulfonamides is 1. The molecule has 1 aromatic rings. The highest BCUT2D eigenvalue weighted by atomic mass is 32.2. The van der Waals surface area contributed by atoms with E-state index in [1.54, 1.807) is 11.5 Å². The fraction of sp³-hybridized carbons (Fsp3) is 0.667. The Kier molecular flexibility index (Phi) is 1.67. The SMILES string of the molecule is Cc1nnc(S(N)(=O)=O)n1C1CC1. The van der Waals surface area contributed by atoms with Crippen LogP contribution in [0.15, 0.2) is 5.16 Å². The van der Waals surface area contributed by atoms with Gasteiger partial charge in [0.05, 0.1) is 0 Å². The van der Waals surface area contributed by atoms with Gasteiger partial charge in [-0.15, -0.1) is 10.2 Å². The summed E-state index contributed by atoms with van der Waals surface area (Å²) in [4.78, 5) is 0. The van der Waals surface area contributed by atoms with Crippen LogP contribution in [0.1, 0.15) is 24.7 Å². The molecule has 72 valence electrons. The highest BCUT2D eigenvalue weighted by Crippen LogP contribution is 2.36. The molecule has 2 N–H and O–H groups in total. The lowest BCUT2D eigenvalue weighted by Crippen LogP contribution is -2.18. The molecule has 6 nitrogen and oxygen atoms in total. The summed E-state index contributed by atoms with van der Waals surface area (Å²) in [5, 5.41) is 12.1. The number of aromatic nitrogens is 3. The molecule has 7 heteroatoms. The van der Waals surface area contributed by atoms with Crippen molar-refractivity contribution >= 4 is 10.0 Å². The van der Waals surface area contributed by atoms with Gasteiger partial charge in [0.1, 0.15) is 5.82 Å². The quantitative estimate of drug-likeness (QED) is 0.704. The van der Waals surface area contributed by atoms with Crippen LogP contribution in [0.4, 0.5) is 0 Å². The molecule has 13 heavy (non-hydrogen) atoms. The predicted octanol–water partition coefficient (Wildman–Crippen LogP) is -0.431. The molecule has 0 atom stereocenters. The van der Waals surface area contributed by atoms with Crippen LogP contribution in [-0.4, -0.2) is 23.2 Å². The Morgan fingerprint density at radius 2 is 2.08 bits per heavy atom. The number of aryl methyl sites for hydroxylation is 1. The number of hydrogen-bond acceptors (Lipinski definition) is 4. The maximum absolute atomic E-state index is 11.1. The van der Waals surface area contributed by atoms with Gasteiger partial charge in [0, 0.05) is 6.04 Å². The third-order valence-electron chi connectivity index (χ3n) is 2.00. The number of rotatable bonds is 2. The first kappa shape index (κ1) is 8.64. The first-order valence-electron chi connectivity index (χ1n) is 3.94. The molecule has 1 aromatic heterocycles. The van der Waals surface area contributed by atoms with Crippen LogP contribution in [0.25, 0.3) is 0 Å². The number of nitrogens with zero attached hydrogens (tertiary/aromatic N) is 3. The summed E-state index contributed by atoms with van der Waals surface area (Å²) in [6, 6.07) is 0.225. The molecule has 0 unspecified atom stereocenters. The number of hydrogen-bond donors (Lipinski definition) is 1. The van der Waals surface area contributed by atoms with Gasteiger partial charge in [-0.2, -0.15) is 0 Å². The van der Waals surface area contributed by atoms with E-state index in [0.29, 0.717) is 5.82 Å². The molecule has 1 fully saturated rings. The molecule has 1 aliphatic rings. The largest absolute Gasteiger partial charge is 0.298 e. The standard InChI is InChI=1S/C6H10N4O2S/c1-4-8-9-6(13(7,11)12)10(4)5-2-3-5/h5H,2-3H2,1H3,(H2,7,11,12). The van der Waals surface area contributed by atoms with Crippen molar-refractivity contribution in [3.05, 3.63) is 5.82 Å². The van der Waals surface area contributed by atoms with E-state index in [1.807, 2.05) is 0 Å². The molecule has 2 rings (SSSR count). The smallest absolute Gasteiger partial charge is 0.273 e. The van der Waals surface area contributed by atoms with Crippen molar-refractivity contribution in [2.75, 3.05) is 0 Å². The maximum Gasteiger partial charge on any atom is 0.273 e. The lowest BCUT2D eigenvalue weighted by molar-refractivity contribution is 0.562. The van der Waals surface area contributed by atoms with E-state index in [0.717, 1.165) is 12.8 Å². The summed E-state index contributed by atoms with van der Waals surface area (Å²) in [5.74, 6) is 0.603. The minimum Gasteiger partial charge on any atom is -0.298 e. The van der Waals surface area contributed by atoms with Crippen molar-refractivity contribution in [3.8, 4) is 0 Å². The summed E-state index contributed by atoms with van der Waals surface area (Å²) in [5.41, 5.74) is 0. The Hall–Kier alpha value is -0.950. The van der Waals surface area contributed by atoms with Crippen LogP contribution in [0.2, 0.25) is 0 Å². The van der Waals surface area contributed by atoms with Crippen LogP contribution in [0.3, 0.4) is 0 Å². The van der Waals surface area contributed by atoms with Crippen molar-refractivity contribution in [2.24, 2.45) is 5.14 Å². The highest BCUT2D eigenvalue weighted by Gasteiger charge is 2.31. The van der Waals surface area contributed by atoms with Crippen molar-refractivity contribution < 1.29 is 8.42 Å². The van der Waals surface area contributed by atoms with E-state index in [-0.39, 0.29) is 11.2 Å². The molecule has 0 saturated heterocycles. The minimum absolute atomic E-state index is 0.118. The summed E-state index contributed by atoms with van der Waals surface area (Å²) in [7, 11) is -3.73. The van der Waals surface area contributed by atoms with Gasteiger partial charge in [-0.3, -0.25) is 4.57 Å². The van der Waals surface area contributed by atoms with Gasteiger partial charge >= 0.3 is 0 Å². The third-order valence-corrected chi connectivity index (χ3v) is 2.79. The normalized spacial score (nSPS) is 17.7. The second-order valence-corrected chi connectivity index (χ2v) is 4.63. The molecular weight excluding hydrogens is 192 g/mol. The summed E-state index contributed by atoms with van der Waals surface area (Å²) in [6.45, 7) is 1.72. The monoisotopic (exact) mass is 202 g/mol. The minimum atomic E-state index is -3.73. The molecule has 1 heterocycles. The van der Waals surface area contributed by atoms with Crippen LogP contribution in [0, 0.1) is 6.92 Å². The second-order valence-electron chi connectivity index (χ2n) is 3.18. The van der Waals surface area contributed by atoms with E-state index in [9.17, 15) is 8.42 Å². The van der Waals surface area contributed by atoms with E-state index < -0.39 is 10.0 Å². The molecule has 0 amide bonds. The number of nitrogens with two attached hydrogens (primary N) is 1. The highest BCUT2D eigenvalue weighted by molar-refractivity contribution is 7.89. The van der Waals surface area contributed by atoms with E-state index >= 15 is 0 Å². The fourth-order valence-electron chi connectivity index (χ4n) is 1.30. The zero-order valence-corrected chi connectivity index (χ0v) is 7.95. The Morgan fingerprint density at radius 1 is 1.46 bits per heavy atom. The summed E-state index contributed by atoms with van der Waals surface area (Å²) < 4.78 is 23.7. The Balaban J connectivity index is 2.58. The van der Waals surface area contributed by atoms with Crippen molar-refractivity contribution in [3.63, 3.8) is 0 Å². The molecule has 1 saturated carbocycles. The first-order valence-corrected chi connectivity index (χ1v) is 5.49. The van der Waals surface area contributed by atoms with Gasteiger partial charge < -0.3 is 0 Å². The van der Waals surface area contributed by atoms with E-state index in [2.05, 4.69) is 10.2 Å². The van der Waals surface area contributed by atoms with Crippen LogP contribution in [-0.2, 0) is 10.0 Å². The summed E-state index contributed by atoms with van der Waals surface area (Å²) in [6.07, 6.45) is 1.95. The molecule has 0 spiro atoms. The average molecular weight is 202 g/mol. The topological polar surface area (TPSA) is 90.9 Å². The molecular formula is C6H10N4O2S.